The van der Waals surface area contributed by atoms with E-state index in [-0.39, 0.29) is 0 Å². The normalized spacial score (nSPS) is 10.9. The Balaban J connectivity index is 2.75. The fourth-order valence-electron chi connectivity index (χ4n) is 0.605. The lowest BCUT2D eigenvalue weighted by Crippen LogP contribution is -2.14. The number of rotatable bonds is 5. The van der Waals surface area contributed by atoms with Crippen LogP contribution < -0.4 is 5.32 Å². The van der Waals surface area contributed by atoms with Crippen LogP contribution in [0.5, 0.6) is 0 Å². The second-order valence-corrected chi connectivity index (χ2v) is 2.13. The summed E-state index contributed by atoms with van der Waals surface area (Å²) < 4.78 is 0. The number of hydrogen-bond acceptors (Lipinski definition) is 1. The summed E-state index contributed by atoms with van der Waals surface area (Å²) >= 11 is 0. The Morgan fingerprint density at radius 3 is 2.78 bits per heavy atom. The molecule has 0 fully saturated rings. The summed E-state index contributed by atoms with van der Waals surface area (Å²) in [7, 11) is 0. The molecule has 0 aliphatic carbocycles. The molecule has 0 radical (unpaired) electrons. The van der Waals surface area contributed by atoms with Gasteiger partial charge in [-0.1, -0.05) is 25.5 Å². The molecule has 0 saturated carbocycles. The number of nitrogens with one attached hydrogen (secondary N) is 1. The van der Waals surface area contributed by atoms with Crippen LogP contribution in [0.15, 0.2) is 12.2 Å². The summed E-state index contributed by atoms with van der Waals surface area (Å²) in [5, 5.41) is 3.30. The molecule has 1 nitrogen and oxygen atoms in total. The van der Waals surface area contributed by atoms with E-state index in [0.717, 1.165) is 13.1 Å². The zero-order valence-corrected chi connectivity index (χ0v) is 6.48. The van der Waals surface area contributed by atoms with Gasteiger partial charge in [0.1, 0.15) is 0 Å². The van der Waals surface area contributed by atoms with E-state index in [1.807, 2.05) is 6.92 Å². The number of hydrogen-bond donors (Lipinski definition) is 1. The van der Waals surface area contributed by atoms with Crippen molar-refractivity contribution < 1.29 is 0 Å². The van der Waals surface area contributed by atoms with Crippen molar-refractivity contribution in [3.63, 3.8) is 0 Å². The van der Waals surface area contributed by atoms with Crippen LogP contribution in [-0.2, 0) is 0 Å². The Bertz CT molecular complexity index is 67.0. The summed E-state index contributed by atoms with van der Waals surface area (Å²) in [4.78, 5) is 0. The van der Waals surface area contributed by atoms with Crippen LogP contribution >= 0.6 is 0 Å². The minimum Gasteiger partial charge on any atom is -0.313 e. The minimum absolute atomic E-state index is 1.02. The monoisotopic (exact) mass is 127 g/mol. The topological polar surface area (TPSA) is 12.0 Å². The van der Waals surface area contributed by atoms with Gasteiger partial charge in [0.2, 0.25) is 0 Å². The van der Waals surface area contributed by atoms with E-state index in [9.17, 15) is 0 Å². The van der Waals surface area contributed by atoms with Gasteiger partial charge in [-0.2, -0.15) is 0 Å². The van der Waals surface area contributed by atoms with E-state index in [1.54, 1.807) is 0 Å². The van der Waals surface area contributed by atoms with E-state index >= 15 is 0 Å². The van der Waals surface area contributed by atoms with Gasteiger partial charge < -0.3 is 5.32 Å². The summed E-state index contributed by atoms with van der Waals surface area (Å²) in [6, 6.07) is 0. The molecule has 1 N–H and O–H groups in total. The average molecular weight is 127 g/mol. The van der Waals surface area contributed by atoms with E-state index in [4.69, 9.17) is 0 Å². The van der Waals surface area contributed by atoms with Crippen molar-refractivity contribution >= 4 is 0 Å². The third-order valence-electron chi connectivity index (χ3n) is 1.20. The van der Waals surface area contributed by atoms with Crippen LogP contribution in [0.25, 0.3) is 0 Å². The zero-order valence-electron chi connectivity index (χ0n) is 6.48. The lowest BCUT2D eigenvalue weighted by atomic mass is 10.3. The average Bonchev–Trinajstić information content (AvgIpc) is 1.89. The first-order valence-corrected chi connectivity index (χ1v) is 3.73. The Morgan fingerprint density at radius 1 is 1.44 bits per heavy atom. The third kappa shape index (κ3) is 7.70. The van der Waals surface area contributed by atoms with Gasteiger partial charge in [0.15, 0.2) is 0 Å². The van der Waals surface area contributed by atoms with Gasteiger partial charge in [0.05, 0.1) is 0 Å². The molecule has 0 aromatic carbocycles. The molecule has 0 bridgehead atoms. The van der Waals surface area contributed by atoms with Gasteiger partial charge in [0, 0.05) is 6.54 Å². The van der Waals surface area contributed by atoms with Gasteiger partial charge in [-0.05, 0) is 19.9 Å². The molecule has 0 amide bonds. The van der Waals surface area contributed by atoms with E-state index in [0.29, 0.717) is 0 Å². The van der Waals surface area contributed by atoms with Crippen LogP contribution in [0.4, 0.5) is 0 Å². The van der Waals surface area contributed by atoms with Crippen molar-refractivity contribution in [1.82, 2.24) is 5.32 Å². The molecule has 0 saturated heterocycles. The molecule has 0 unspecified atom stereocenters. The maximum atomic E-state index is 3.30. The van der Waals surface area contributed by atoms with Crippen molar-refractivity contribution in [2.24, 2.45) is 0 Å². The lowest BCUT2D eigenvalue weighted by Gasteiger charge is -1.96. The molecule has 0 heterocycles. The summed E-state index contributed by atoms with van der Waals surface area (Å²) in [6.07, 6.45) is 6.77. The smallest absolute Gasteiger partial charge is 0.0134 e. The molecule has 0 aromatic heterocycles. The van der Waals surface area contributed by atoms with E-state index < -0.39 is 0 Å². The van der Waals surface area contributed by atoms with Gasteiger partial charge in [-0.15, -0.1) is 0 Å². The van der Waals surface area contributed by atoms with Crippen molar-refractivity contribution in [2.75, 3.05) is 13.1 Å². The van der Waals surface area contributed by atoms with Crippen molar-refractivity contribution in [1.29, 1.82) is 0 Å². The second kappa shape index (κ2) is 7.70. The van der Waals surface area contributed by atoms with Crippen molar-refractivity contribution in [3.05, 3.63) is 12.2 Å². The van der Waals surface area contributed by atoms with Gasteiger partial charge >= 0.3 is 0 Å². The standard InChI is InChI=1S/C8H17N/c1-3-5-7-9-8-6-4-2/h3,5,9H,4,6-8H2,1-2H3/b5-3-. The van der Waals surface area contributed by atoms with Gasteiger partial charge in [-0.3, -0.25) is 0 Å². The molecule has 0 rings (SSSR count). The predicted molar refractivity (Wildman–Crippen MR) is 42.6 cm³/mol. The maximum absolute atomic E-state index is 3.30. The van der Waals surface area contributed by atoms with Gasteiger partial charge in [0.25, 0.3) is 0 Å². The van der Waals surface area contributed by atoms with Crippen LogP contribution in [0, 0.1) is 0 Å². The fourth-order valence-corrected chi connectivity index (χ4v) is 0.605. The number of allylic oxidation sites excluding steroid dienone is 1. The summed E-state index contributed by atoms with van der Waals surface area (Å²) in [6.45, 7) is 6.43. The highest BCUT2D eigenvalue weighted by molar-refractivity contribution is 4.78. The molecule has 1 heteroatoms. The van der Waals surface area contributed by atoms with Crippen molar-refractivity contribution in [2.45, 2.75) is 26.7 Å². The second-order valence-electron chi connectivity index (χ2n) is 2.13. The third-order valence-corrected chi connectivity index (χ3v) is 1.20. The molecule has 0 spiro atoms. The van der Waals surface area contributed by atoms with E-state index in [2.05, 4.69) is 24.4 Å². The minimum atomic E-state index is 1.02. The zero-order chi connectivity index (χ0) is 6.95. The predicted octanol–water partition coefficient (Wildman–Crippen LogP) is 1.95. The van der Waals surface area contributed by atoms with Gasteiger partial charge in [-0.25, -0.2) is 0 Å². The first-order chi connectivity index (χ1) is 4.41. The SMILES string of the molecule is C/C=C\CNCCCC. The maximum Gasteiger partial charge on any atom is 0.0134 e. The van der Waals surface area contributed by atoms with E-state index in [1.165, 1.54) is 12.8 Å². The molecule has 0 atom stereocenters. The fraction of sp³-hybridized carbons (Fsp3) is 0.750. The molecule has 54 valence electrons. The molecule has 0 aliphatic rings. The Morgan fingerprint density at radius 2 is 2.22 bits per heavy atom. The van der Waals surface area contributed by atoms with Crippen LogP contribution in [-0.4, -0.2) is 13.1 Å². The first kappa shape index (κ1) is 8.70. The molecular weight excluding hydrogens is 110 g/mol. The highest BCUT2D eigenvalue weighted by atomic mass is 14.8. The summed E-state index contributed by atoms with van der Waals surface area (Å²) in [5.74, 6) is 0. The molecule has 0 aromatic rings. The lowest BCUT2D eigenvalue weighted by molar-refractivity contribution is 0.681. The molecule has 9 heavy (non-hydrogen) atoms. The van der Waals surface area contributed by atoms with Crippen LogP contribution in [0.1, 0.15) is 26.7 Å². The van der Waals surface area contributed by atoms with Crippen LogP contribution in [0.2, 0.25) is 0 Å². The van der Waals surface area contributed by atoms with Crippen molar-refractivity contribution in [3.8, 4) is 0 Å². The van der Waals surface area contributed by atoms with Crippen LogP contribution in [0.3, 0.4) is 0 Å². The Kier molecular flexibility index (Phi) is 7.44. The largest absolute Gasteiger partial charge is 0.313 e. The molecular formula is C8H17N. The Labute approximate surface area is 58.2 Å². The Hall–Kier alpha value is -0.300. The number of unbranched alkanes of at least 4 members (excludes halogenated alkanes) is 1. The highest BCUT2D eigenvalue weighted by Crippen LogP contribution is 1.81. The summed E-state index contributed by atoms with van der Waals surface area (Å²) in [5.41, 5.74) is 0. The molecule has 0 aliphatic heterocycles. The highest BCUT2D eigenvalue weighted by Gasteiger charge is 1.79. The first-order valence-electron chi connectivity index (χ1n) is 3.73. The quantitative estimate of drug-likeness (QED) is 0.439.